The van der Waals surface area contributed by atoms with Gasteiger partial charge in [0.05, 0.1) is 4.90 Å². The quantitative estimate of drug-likeness (QED) is 0.854. The van der Waals surface area contributed by atoms with Crippen molar-refractivity contribution in [2.24, 2.45) is 0 Å². The second-order valence-electron chi connectivity index (χ2n) is 4.73. The molecule has 1 rings (SSSR count). The van der Waals surface area contributed by atoms with Gasteiger partial charge in [0, 0.05) is 18.8 Å². The lowest BCUT2D eigenvalue weighted by Gasteiger charge is -2.23. The minimum Gasteiger partial charge on any atom is -0.398 e. The fraction of sp³-hybridized carbons (Fsp3) is 0.538. The van der Waals surface area contributed by atoms with Gasteiger partial charge in [-0.25, -0.2) is 8.42 Å². The molecule has 4 nitrogen and oxygen atoms in total. The first kappa shape index (κ1) is 15.0. The van der Waals surface area contributed by atoms with E-state index in [0.717, 1.165) is 17.5 Å². The molecule has 1 aromatic rings. The molecule has 0 aliphatic heterocycles. The normalized spacial score (nSPS) is 13.9. The molecule has 2 N–H and O–H groups in total. The average molecular weight is 270 g/mol. The van der Waals surface area contributed by atoms with Crippen molar-refractivity contribution in [2.75, 3.05) is 12.8 Å². The Labute approximate surface area is 110 Å². The Morgan fingerprint density at radius 2 is 1.89 bits per heavy atom. The average Bonchev–Trinajstić information content (AvgIpc) is 2.33. The standard InChI is InChI=1S/C13H22N2O2S/c1-6-10(3)15(5)18(16,17)12-7-9(2)11(4)13(14)8-12/h7-8,10H,6,14H2,1-5H3. The summed E-state index contributed by atoms with van der Waals surface area (Å²) in [6, 6.07) is 3.19. The summed E-state index contributed by atoms with van der Waals surface area (Å²) in [5, 5.41) is 0. The van der Waals surface area contributed by atoms with E-state index in [2.05, 4.69) is 0 Å². The van der Waals surface area contributed by atoms with Crippen molar-refractivity contribution in [3.05, 3.63) is 23.3 Å². The molecule has 0 fully saturated rings. The second-order valence-corrected chi connectivity index (χ2v) is 6.73. The molecule has 5 heteroatoms. The molecule has 0 amide bonds. The predicted molar refractivity (Wildman–Crippen MR) is 75.0 cm³/mol. The number of sulfonamides is 1. The molecule has 0 spiro atoms. The van der Waals surface area contributed by atoms with Crippen LogP contribution in [0.1, 0.15) is 31.4 Å². The molecule has 0 aliphatic rings. The van der Waals surface area contributed by atoms with Crippen molar-refractivity contribution in [2.45, 2.75) is 45.1 Å². The highest BCUT2D eigenvalue weighted by molar-refractivity contribution is 7.89. The number of nitrogen functional groups attached to an aromatic ring is 1. The summed E-state index contributed by atoms with van der Waals surface area (Å²) in [5.74, 6) is 0. The van der Waals surface area contributed by atoms with Gasteiger partial charge in [-0.15, -0.1) is 0 Å². The van der Waals surface area contributed by atoms with Gasteiger partial charge in [-0.05, 0) is 50.5 Å². The van der Waals surface area contributed by atoms with Crippen molar-refractivity contribution in [1.82, 2.24) is 4.31 Å². The maximum Gasteiger partial charge on any atom is 0.243 e. The number of hydrogen-bond donors (Lipinski definition) is 1. The molecule has 0 radical (unpaired) electrons. The molecule has 0 bridgehead atoms. The Morgan fingerprint density at radius 1 is 1.33 bits per heavy atom. The zero-order chi connectivity index (χ0) is 14.1. The van der Waals surface area contributed by atoms with Crippen LogP contribution in [0.3, 0.4) is 0 Å². The van der Waals surface area contributed by atoms with Crippen LogP contribution in [0.2, 0.25) is 0 Å². The molecular weight excluding hydrogens is 248 g/mol. The number of anilines is 1. The highest BCUT2D eigenvalue weighted by atomic mass is 32.2. The molecule has 0 heterocycles. The SMILES string of the molecule is CCC(C)N(C)S(=O)(=O)c1cc(C)c(C)c(N)c1. The lowest BCUT2D eigenvalue weighted by molar-refractivity contribution is 0.380. The van der Waals surface area contributed by atoms with Crippen LogP contribution in [0.25, 0.3) is 0 Å². The molecule has 102 valence electrons. The third-order valence-electron chi connectivity index (χ3n) is 3.57. The first-order valence-electron chi connectivity index (χ1n) is 6.06. The first-order valence-corrected chi connectivity index (χ1v) is 7.50. The number of nitrogens with two attached hydrogens (primary N) is 1. The maximum atomic E-state index is 12.4. The van der Waals surface area contributed by atoms with Gasteiger partial charge in [0.15, 0.2) is 0 Å². The third kappa shape index (κ3) is 2.67. The molecule has 0 saturated carbocycles. The van der Waals surface area contributed by atoms with E-state index in [1.165, 1.54) is 10.4 Å². The Kier molecular flexibility index (Phi) is 4.40. The molecule has 1 atom stereocenters. The number of nitrogens with zero attached hydrogens (tertiary/aromatic N) is 1. The van der Waals surface area contributed by atoms with Crippen molar-refractivity contribution < 1.29 is 8.42 Å². The summed E-state index contributed by atoms with van der Waals surface area (Å²) in [4.78, 5) is 0.269. The van der Waals surface area contributed by atoms with Crippen LogP contribution in [0.5, 0.6) is 0 Å². The lowest BCUT2D eigenvalue weighted by atomic mass is 10.1. The van der Waals surface area contributed by atoms with Gasteiger partial charge in [-0.2, -0.15) is 4.31 Å². The van der Waals surface area contributed by atoms with Gasteiger partial charge in [0.25, 0.3) is 0 Å². The molecule has 0 aromatic heterocycles. The van der Waals surface area contributed by atoms with Crippen molar-refractivity contribution in [3.8, 4) is 0 Å². The van der Waals surface area contributed by atoms with Crippen LogP contribution in [0, 0.1) is 13.8 Å². The van der Waals surface area contributed by atoms with Crippen LogP contribution in [-0.4, -0.2) is 25.8 Å². The van der Waals surface area contributed by atoms with Gasteiger partial charge < -0.3 is 5.73 Å². The maximum absolute atomic E-state index is 12.4. The zero-order valence-corrected chi connectivity index (χ0v) is 12.5. The zero-order valence-electron chi connectivity index (χ0n) is 11.7. The van der Waals surface area contributed by atoms with E-state index in [0.29, 0.717) is 5.69 Å². The summed E-state index contributed by atoms with van der Waals surface area (Å²) in [6.45, 7) is 7.61. The summed E-state index contributed by atoms with van der Waals surface area (Å²) in [7, 11) is -1.85. The predicted octanol–water partition coefficient (Wildman–Crippen LogP) is 2.30. The highest BCUT2D eigenvalue weighted by Crippen LogP contribution is 2.24. The number of rotatable bonds is 4. The van der Waals surface area contributed by atoms with E-state index >= 15 is 0 Å². The van der Waals surface area contributed by atoms with E-state index in [9.17, 15) is 8.42 Å². The lowest BCUT2D eigenvalue weighted by Crippen LogP contribution is -2.34. The minimum absolute atomic E-state index is 0.0298. The number of benzene rings is 1. The summed E-state index contributed by atoms with van der Waals surface area (Å²) in [6.07, 6.45) is 0.774. The molecule has 1 unspecified atom stereocenters. The van der Waals surface area contributed by atoms with Crippen LogP contribution in [-0.2, 0) is 10.0 Å². The van der Waals surface area contributed by atoms with Gasteiger partial charge in [-0.1, -0.05) is 6.92 Å². The summed E-state index contributed by atoms with van der Waals surface area (Å²) in [5.41, 5.74) is 8.19. The topological polar surface area (TPSA) is 63.4 Å². The van der Waals surface area contributed by atoms with E-state index in [-0.39, 0.29) is 10.9 Å². The smallest absolute Gasteiger partial charge is 0.243 e. The van der Waals surface area contributed by atoms with Gasteiger partial charge in [0.2, 0.25) is 10.0 Å². The van der Waals surface area contributed by atoms with Crippen LogP contribution < -0.4 is 5.73 Å². The second kappa shape index (κ2) is 5.28. The Balaban J connectivity index is 3.29. The molecule has 0 aliphatic carbocycles. The summed E-state index contributed by atoms with van der Waals surface area (Å²) >= 11 is 0. The fourth-order valence-corrected chi connectivity index (χ4v) is 3.22. The van der Waals surface area contributed by atoms with Gasteiger partial charge >= 0.3 is 0 Å². The molecular formula is C13H22N2O2S. The Hall–Kier alpha value is -1.07. The fourth-order valence-electron chi connectivity index (χ4n) is 1.66. The monoisotopic (exact) mass is 270 g/mol. The van der Waals surface area contributed by atoms with Gasteiger partial charge in [0.1, 0.15) is 0 Å². The number of aryl methyl sites for hydroxylation is 1. The molecule has 1 aromatic carbocycles. The van der Waals surface area contributed by atoms with Crippen molar-refractivity contribution in [3.63, 3.8) is 0 Å². The summed E-state index contributed by atoms with van der Waals surface area (Å²) < 4.78 is 26.2. The van der Waals surface area contributed by atoms with Crippen molar-refractivity contribution in [1.29, 1.82) is 0 Å². The van der Waals surface area contributed by atoms with Crippen LogP contribution >= 0.6 is 0 Å². The number of hydrogen-bond acceptors (Lipinski definition) is 3. The largest absolute Gasteiger partial charge is 0.398 e. The highest BCUT2D eigenvalue weighted by Gasteiger charge is 2.25. The van der Waals surface area contributed by atoms with E-state index < -0.39 is 10.0 Å². The van der Waals surface area contributed by atoms with Gasteiger partial charge in [-0.3, -0.25) is 0 Å². The Morgan fingerprint density at radius 3 is 2.33 bits per heavy atom. The molecule has 0 saturated heterocycles. The molecule has 18 heavy (non-hydrogen) atoms. The third-order valence-corrected chi connectivity index (χ3v) is 5.52. The van der Waals surface area contributed by atoms with Crippen molar-refractivity contribution >= 4 is 15.7 Å². The van der Waals surface area contributed by atoms with E-state index in [1.807, 2.05) is 27.7 Å². The van der Waals surface area contributed by atoms with E-state index in [1.54, 1.807) is 13.1 Å². The van der Waals surface area contributed by atoms with Crippen LogP contribution in [0.15, 0.2) is 17.0 Å². The van der Waals surface area contributed by atoms with Crippen LogP contribution in [0.4, 0.5) is 5.69 Å². The minimum atomic E-state index is -3.46. The Bertz CT molecular complexity index is 515. The first-order chi connectivity index (χ1) is 8.21. The van der Waals surface area contributed by atoms with E-state index in [4.69, 9.17) is 5.73 Å².